The molecule has 1 aliphatic heterocycles. The summed E-state index contributed by atoms with van der Waals surface area (Å²) in [6.45, 7) is 6.63. The van der Waals surface area contributed by atoms with E-state index in [9.17, 15) is 19.5 Å². The van der Waals surface area contributed by atoms with Crippen molar-refractivity contribution in [3.05, 3.63) is 0 Å². The summed E-state index contributed by atoms with van der Waals surface area (Å²) in [5.41, 5.74) is 5.53. The lowest BCUT2D eigenvalue weighted by atomic mass is 9.97. The number of hydrogen-bond acceptors (Lipinski definition) is 6. The molecule has 0 aromatic carbocycles. The highest BCUT2D eigenvalue weighted by molar-refractivity contribution is 5.94. The van der Waals surface area contributed by atoms with Crippen LogP contribution in [0.15, 0.2) is 0 Å². The summed E-state index contributed by atoms with van der Waals surface area (Å²) in [5, 5.41) is 18.3. The van der Waals surface area contributed by atoms with E-state index in [0.29, 0.717) is 13.0 Å². The van der Waals surface area contributed by atoms with Gasteiger partial charge in [-0.15, -0.1) is 0 Å². The van der Waals surface area contributed by atoms with E-state index in [1.807, 2.05) is 0 Å². The van der Waals surface area contributed by atoms with E-state index in [-0.39, 0.29) is 30.1 Å². The van der Waals surface area contributed by atoms with Crippen LogP contribution in [0.1, 0.15) is 40.0 Å². The lowest BCUT2D eigenvalue weighted by molar-refractivity contribution is -0.135. The summed E-state index contributed by atoms with van der Waals surface area (Å²) in [7, 11) is 0. The van der Waals surface area contributed by atoms with Crippen LogP contribution in [0.2, 0.25) is 0 Å². The molecular formula is C17H32N4O4. The molecule has 2 amide bonds. The molecule has 1 unspecified atom stereocenters. The Balaban J connectivity index is 2.73. The molecule has 6 N–H and O–H groups in total. The Bertz CT molecular complexity index is 462. The lowest BCUT2D eigenvalue weighted by Crippen LogP contribution is -2.57. The Kier molecular flexibility index (Phi) is 9.02. The molecular weight excluding hydrogens is 324 g/mol. The molecule has 8 heteroatoms. The van der Waals surface area contributed by atoms with Crippen LogP contribution in [-0.4, -0.2) is 60.5 Å². The van der Waals surface area contributed by atoms with Gasteiger partial charge in [0, 0.05) is 12.5 Å². The van der Waals surface area contributed by atoms with E-state index < -0.39 is 24.1 Å². The van der Waals surface area contributed by atoms with Gasteiger partial charge >= 0.3 is 0 Å². The van der Waals surface area contributed by atoms with Gasteiger partial charge in [0.05, 0.1) is 18.1 Å². The van der Waals surface area contributed by atoms with Crippen molar-refractivity contribution >= 4 is 17.6 Å². The highest BCUT2D eigenvalue weighted by atomic mass is 16.3. The largest absolute Gasteiger partial charge is 0.391 e. The maximum Gasteiger partial charge on any atom is 0.245 e. The highest BCUT2D eigenvalue weighted by Gasteiger charge is 2.32. The van der Waals surface area contributed by atoms with E-state index in [1.54, 1.807) is 13.8 Å². The van der Waals surface area contributed by atoms with Crippen molar-refractivity contribution in [3.63, 3.8) is 0 Å². The van der Waals surface area contributed by atoms with Crippen molar-refractivity contribution < 1.29 is 19.5 Å². The van der Waals surface area contributed by atoms with Crippen LogP contribution in [-0.2, 0) is 14.4 Å². The van der Waals surface area contributed by atoms with Crippen LogP contribution in [0.3, 0.4) is 0 Å². The Morgan fingerprint density at radius 1 is 1.24 bits per heavy atom. The number of rotatable bonds is 9. The van der Waals surface area contributed by atoms with Gasteiger partial charge in [0.2, 0.25) is 11.8 Å². The Morgan fingerprint density at radius 2 is 1.92 bits per heavy atom. The zero-order chi connectivity index (χ0) is 19.0. The van der Waals surface area contributed by atoms with Gasteiger partial charge in [0.25, 0.3) is 0 Å². The normalized spacial score (nSPS) is 21.3. The number of carbonyl (C=O) groups excluding carboxylic acids is 3. The molecule has 4 atom stereocenters. The predicted molar refractivity (Wildman–Crippen MR) is 94.7 cm³/mol. The van der Waals surface area contributed by atoms with Crippen LogP contribution in [0.4, 0.5) is 0 Å². The van der Waals surface area contributed by atoms with E-state index in [2.05, 4.69) is 16.0 Å². The number of piperidine rings is 1. The third-order valence-electron chi connectivity index (χ3n) is 4.41. The second-order valence-corrected chi connectivity index (χ2v) is 6.97. The van der Waals surface area contributed by atoms with E-state index in [4.69, 9.17) is 5.73 Å². The van der Waals surface area contributed by atoms with Gasteiger partial charge in [-0.3, -0.25) is 14.4 Å². The van der Waals surface area contributed by atoms with Crippen LogP contribution in [0.25, 0.3) is 0 Å². The zero-order valence-electron chi connectivity index (χ0n) is 15.4. The molecule has 8 nitrogen and oxygen atoms in total. The highest BCUT2D eigenvalue weighted by Crippen LogP contribution is 2.11. The third-order valence-corrected chi connectivity index (χ3v) is 4.41. The van der Waals surface area contributed by atoms with Crippen LogP contribution < -0.4 is 21.7 Å². The molecule has 1 heterocycles. The number of aliphatic hydroxyl groups is 1. The summed E-state index contributed by atoms with van der Waals surface area (Å²) in [5.74, 6) is -1.42. The minimum absolute atomic E-state index is 0.119. The number of aliphatic hydroxyl groups excluding tert-OH is 1. The predicted octanol–water partition coefficient (Wildman–Crippen LogP) is -1.09. The zero-order valence-corrected chi connectivity index (χ0v) is 15.4. The molecule has 1 aliphatic rings. The van der Waals surface area contributed by atoms with Gasteiger partial charge in [-0.25, -0.2) is 0 Å². The van der Waals surface area contributed by atoms with Crippen molar-refractivity contribution in [1.29, 1.82) is 0 Å². The van der Waals surface area contributed by atoms with Crippen molar-refractivity contribution in [1.82, 2.24) is 16.0 Å². The maximum absolute atomic E-state index is 12.5. The lowest BCUT2D eigenvalue weighted by Gasteiger charge is -2.28. The van der Waals surface area contributed by atoms with Crippen LogP contribution >= 0.6 is 0 Å². The van der Waals surface area contributed by atoms with Gasteiger partial charge < -0.3 is 26.8 Å². The fraction of sp³-hybridized carbons (Fsp3) is 0.824. The summed E-state index contributed by atoms with van der Waals surface area (Å²) < 4.78 is 0. The number of ketones is 1. The number of amides is 2. The molecule has 1 rings (SSSR count). The first kappa shape index (κ1) is 21.5. The monoisotopic (exact) mass is 356 g/mol. The summed E-state index contributed by atoms with van der Waals surface area (Å²) >= 11 is 0. The average Bonchev–Trinajstić information content (AvgIpc) is 2.58. The molecule has 1 saturated heterocycles. The van der Waals surface area contributed by atoms with Crippen molar-refractivity contribution in [2.75, 3.05) is 19.6 Å². The molecule has 1 fully saturated rings. The number of hydrogen-bond donors (Lipinski definition) is 5. The van der Waals surface area contributed by atoms with E-state index in [1.165, 1.54) is 6.92 Å². The summed E-state index contributed by atoms with van der Waals surface area (Å²) in [6.07, 6.45) is 0.878. The van der Waals surface area contributed by atoms with Crippen LogP contribution in [0, 0.1) is 11.8 Å². The molecule has 0 aromatic rings. The number of carbonyl (C=O) groups is 3. The molecule has 0 bridgehead atoms. The second kappa shape index (κ2) is 10.5. The molecule has 0 radical (unpaired) electrons. The topological polar surface area (TPSA) is 134 Å². The average molecular weight is 356 g/mol. The number of Topliss-reactive ketones (excluding diaryl/α,β-unsaturated/α-hetero) is 1. The van der Waals surface area contributed by atoms with Gasteiger partial charge in [-0.05, 0) is 39.3 Å². The molecule has 0 saturated carbocycles. The quantitative estimate of drug-likeness (QED) is 0.356. The fourth-order valence-electron chi connectivity index (χ4n) is 2.87. The van der Waals surface area contributed by atoms with E-state index in [0.717, 1.165) is 19.4 Å². The Morgan fingerprint density at radius 3 is 2.40 bits per heavy atom. The van der Waals surface area contributed by atoms with E-state index >= 15 is 0 Å². The van der Waals surface area contributed by atoms with Crippen LogP contribution in [0.5, 0.6) is 0 Å². The van der Waals surface area contributed by atoms with Gasteiger partial charge in [-0.2, -0.15) is 0 Å². The minimum Gasteiger partial charge on any atom is -0.391 e. The third kappa shape index (κ3) is 6.72. The summed E-state index contributed by atoms with van der Waals surface area (Å²) in [6, 6.07) is -1.82. The minimum atomic E-state index is -1.10. The Labute approximate surface area is 149 Å². The van der Waals surface area contributed by atoms with Gasteiger partial charge in [0.1, 0.15) is 6.04 Å². The Hall–Kier alpha value is -1.51. The van der Waals surface area contributed by atoms with Crippen molar-refractivity contribution in [3.8, 4) is 0 Å². The van der Waals surface area contributed by atoms with Crippen molar-refractivity contribution in [2.24, 2.45) is 17.6 Å². The fourth-order valence-corrected chi connectivity index (χ4v) is 2.87. The maximum atomic E-state index is 12.5. The molecule has 0 aliphatic carbocycles. The first-order chi connectivity index (χ1) is 11.8. The molecule has 0 spiro atoms. The van der Waals surface area contributed by atoms with Gasteiger partial charge in [-0.1, -0.05) is 13.8 Å². The number of nitrogens with two attached hydrogens (primary N) is 1. The SMILES string of the molecule is CC(C)C(=O)[C@H](CCN)NC(=O)[C@@H](NC(=O)[C@H]1CCCNC1)C(C)O. The number of nitrogens with one attached hydrogen (secondary N) is 3. The first-order valence-electron chi connectivity index (χ1n) is 9.01. The molecule has 144 valence electrons. The van der Waals surface area contributed by atoms with Gasteiger partial charge in [0.15, 0.2) is 5.78 Å². The summed E-state index contributed by atoms with van der Waals surface area (Å²) in [4.78, 5) is 37.1. The van der Waals surface area contributed by atoms with Crippen molar-refractivity contribution in [2.45, 2.75) is 58.2 Å². The first-order valence-corrected chi connectivity index (χ1v) is 9.01. The molecule has 25 heavy (non-hydrogen) atoms. The smallest absolute Gasteiger partial charge is 0.245 e. The molecule has 0 aromatic heterocycles. The second-order valence-electron chi connectivity index (χ2n) is 6.97. The standard InChI is InChI=1S/C17H32N4O4/c1-10(2)15(23)13(6-7-18)20-17(25)14(11(3)22)21-16(24)12-5-4-8-19-9-12/h10-14,19,22H,4-9,18H2,1-3H3,(H,20,25)(H,21,24)/t11?,12-,13-,14-/m0/s1.